The third kappa shape index (κ3) is 14.6. The normalized spacial score (nSPS) is 18.3. The second-order valence-electron chi connectivity index (χ2n) is 5.03. The van der Waals surface area contributed by atoms with E-state index in [9.17, 15) is 9.59 Å². The van der Waals surface area contributed by atoms with E-state index in [-0.39, 0.29) is 51.6 Å². The van der Waals surface area contributed by atoms with Gasteiger partial charge in [-0.1, -0.05) is 0 Å². The van der Waals surface area contributed by atoms with E-state index in [1.165, 1.54) is 0 Å². The molecule has 0 heterocycles. The molecule has 0 aliphatic carbocycles. The molecule has 0 amide bonds. The van der Waals surface area contributed by atoms with Gasteiger partial charge in [-0.25, -0.2) is 9.59 Å². The van der Waals surface area contributed by atoms with Crippen molar-refractivity contribution in [3.8, 4) is 0 Å². The van der Waals surface area contributed by atoms with E-state index in [0.717, 1.165) is 0 Å². The summed E-state index contributed by atoms with van der Waals surface area (Å²) < 4.78 is 0. The SMILES string of the molecule is O=C(O)[C@H](O)[C@@H](O)[C@H](O)[C@H](O)CO.O=C(O)[C@H](O)[C@@H](O)[C@H](O)[C@H](O)CO.[Mg+2].[Mg+2].[O-2]. The Hall–Kier alpha value is 0.0325. The summed E-state index contributed by atoms with van der Waals surface area (Å²) in [5.41, 5.74) is 0. The summed E-state index contributed by atoms with van der Waals surface area (Å²) in [6, 6.07) is 0. The first-order chi connectivity index (χ1) is 11.8. The zero-order chi connectivity index (χ0) is 21.2. The van der Waals surface area contributed by atoms with Crippen molar-refractivity contribution < 1.29 is 76.3 Å². The number of carboxylic acid groups (broad SMARTS) is 2. The average Bonchev–Trinajstić information content (AvgIpc) is 2.62. The molecule has 0 aromatic heterocycles. The molecule has 12 N–H and O–H groups in total. The molecule has 17 heteroatoms. The van der Waals surface area contributed by atoms with E-state index < -0.39 is 74.0 Å². The number of carbonyl (C=O) groups is 2. The zero-order valence-corrected chi connectivity index (χ0v) is 17.9. The van der Waals surface area contributed by atoms with Crippen molar-refractivity contribution >= 4 is 58.0 Å². The Morgan fingerprint density at radius 3 is 0.897 bits per heavy atom. The smallest absolute Gasteiger partial charge is 2.00 e. The van der Waals surface area contributed by atoms with Crippen molar-refractivity contribution in [3.63, 3.8) is 0 Å². The molecule has 164 valence electrons. The van der Waals surface area contributed by atoms with Crippen LogP contribution in [-0.2, 0) is 15.1 Å². The van der Waals surface area contributed by atoms with Gasteiger partial charge in [0.2, 0.25) is 0 Å². The molecule has 8 atom stereocenters. The van der Waals surface area contributed by atoms with Gasteiger partial charge in [0.25, 0.3) is 0 Å². The van der Waals surface area contributed by atoms with E-state index in [2.05, 4.69) is 0 Å². The molecular weight excluding hydrogens is 433 g/mol. The van der Waals surface area contributed by atoms with E-state index in [1.54, 1.807) is 0 Å². The van der Waals surface area contributed by atoms with Crippen molar-refractivity contribution in [2.45, 2.75) is 48.8 Å². The molecule has 0 saturated carbocycles. The first-order valence-corrected chi connectivity index (χ1v) is 6.95. The maximum atomic E-state index is 10.1. The average molecular weight is 457 g/mol. The van der Waals surface area contributed by atoms with Crippen LogP contribution in [0.1, 0.15) is 0 Å². The number of hydrogen-bond acceptors (Lipinski definition) is 12. The Morgan fingerprint density at radius 2 is 0.759 bits per heavy atom. The Balaban J connectivity index is -0.000000120. The van der Waals surface area contributed by atoms with Crippen LogP contribution in [0.5, 0.6) is 0 Å². The number of carboxylic acids is 2. The third-order valence-electron chi connectivity index (χ3n) is 3.02. The Bertz CT molecular complexity index is 390. The molecule has 0 aromatic carbocycles. The minimum Gasteiger partial charge on any atom is -2.00 e. The maximum absolute atomic E-state index is 10.1. The van der Waals surface area contributed by atoms with Gasteiger partial charge in [-0.3, -0.25) is 0 Å². The van der Waals surface area contributed by atoms with Crippen LogP contribution in [0.3, 0.4) is 0 Å². The quantitative estimate of drug-likeness (QED) is 0.136. The summed E-state index contributed by atoms with van der Waals surface area (Å²) in [6.07, 6.45) is -15.7. The van der Waals surface area contributed by atoms with Gasteiger partial charge in [-0.05, 0) is 0 Å². The molecule has 0 radical (unpaired) electrons. The van der Waals surface area contributed by atoms with Crippen LogP contribution in [0.15, 0.2) is 0 Å². The Kier molecular flexibility index (Phi) is 27.2. The number of aliphatic hydroxyl groups is 10. The molecule has 0 fully saturated rings. The topological polar surface area (TPSA) is 305 Å². The molecule has 0 rings (SSSR count). The molecule has 0 unspecified atom stereocenters. The fourth-order valence-corrected chi connectivity index (χ4v) is 1.34. The van der Waals surface area contributed by atoms with Gasteiger partial charge in [-0.15, -0.1) is 0 Å². The predicted molar refractivity (Wildman–Crippen MR) is 89.7 cm³/mol. The van der Waals surface area contributed by atoms with Crippen molar-refractivity contribution in [1.82, 2.24) is 0 Å². The van der Waals surface area contributed by atoms with Crippen LogP contribution in [0.4, 0.5) is 0 Å². The molecule has 0 saturated heterocycles. The Morgan fingerprint density at radius 1 is 0.552 bits per heavy atom. The minimum absolute atomic E-state index is 0. The van der Waals surface area contributed by atoms with Crippen molar-refractivity contribution in [3.05, 3.63) is 0 Å². The van der Waals surface area contributed by atoms with E-state index in [1.807, 2.05) is 0 Å². The van der Waals surface area contributed by atoms with Crippen molar-refractivity contribution in [2.24, 2.45) is 0 Å². The predicted octanol–water partition coefficient (Wildman–Crippen LogP) is -7.87. The first kappa shape index (κ1) is 39.5. The number of aliphatic carboxylic acids is 2. The van der Waals surface area contributed by atoms with Crippen LogP contribution in [0.2, 0.25) is 0 Å². The maximum Gasteiger partial charge on any atom is 2.00 e. The third-order valence-corrected chi connectivity index (χ3v) is 3.02. The van der Waals surface area contributed by atoms with Crippen LogP contribution >= 0.6 is 0 Å². The summed E-state index contributed by atoms with van der Waals surface area (Å²) in [4.78, 5) is 20.2. The van der Waals surface area contributed by atoms with Crippen LogP contribution < -0.4 is 0 Å². The molecule has 0 aromatic rings. The zero-order valence-electron chi connectivity index (χ0n) is 15.0. The molecule has 15 nitrogen and oxygen atoms in total. The molecule has 0 aliphatic rings. The summed E-state index contributed by atoms with van der Waals surface area (Å²) >= 11 is 0. The second kappa shape index (κ2) is 20.0. The minimum atomic E-state index is -2.20. The van der Waals surface area contributed by atoms with Gasteiger partial charge >= 0.3 is 58.0 Å². The van der Waals surface area contributed by atoms with E-state index in [0.29, 0.717) is 0 Å². The summed E-state index contributed by atoms with van der Waals surface area (Å²) in [5.74, 6) is -3.45. The summed E-state index contributed by atoms with van der Waals surface area (Å²) in [7, 11) is 0. The molecule has 0 bridgehead atoms. The number of hydrogen-bond donors (Lipinski definition) is 12. The monoisotopic (exact) mass is 456 g/mol. The fraction of sp³-hybridized carbons (Fsp3) is 0.833. The summed E-state index contributed by atoms with van der Waals surface area (Å²) in [6.45, 7) is -1.69. The first-order valence-electron chi connectivity index (χ1n) is 6.95. The molecule has 0 aliphatic heterocycles. The van der Waals surface area contributed by atoms with Gasteiger partial charge in [0.15, 0.2) is 12.2 Å². The fourth-order valence-electron chi connectivity index (χ4n) is 1.34. The Labute approximate surface area is 196 Å². The van der Waals surface area contributed by atoms with Crippen molar-refractivity contribution in [1.29, 1.82) is 0 Å². The van der Waals surface area contributed by atoms with Gasteiger partial charge in [0.1, 0.15) is 36.6 Å². The largest absolute Gasteiger partial charge is 2.00 e. The van der Waals surface area contributed by atoms with Gasteiger partial charge in [-0.2, -0.15) is 0 Å². The van der Waals surface area contributed by atoms with Crippen LogP contribution in [-0.4, -0.2) is 181 Å². The van der Waals surface area contributed by atoms with E-state index in [4.69, 9.17) is 61.3 Å². The number of rotatable bonds is 10. The van der Waals surface area contributed by atoms with Crippen molar-refractivity contribution in [2.75, 3.05) is 13.2 Å². The summed E-state index contributed by atoms with van der Waals surface area (Å²) in [5, 5.41) is 104. The molecule has 0 spiro atoms. The second-order valence-corrected chi connectivity index (χ2v) is 5.03. The van der Waals surface area contributed by atoms with Gasteiger partial charge in [0.05, 0.1) is 13.2 Å². The van der Waals surface area contributed by atoms with E-state index >= 15 is 0 Å². The standard InChI is InChI=1S/2C6H12O7.2Mg.O/c2*7-1-2(8)3(9)4(10)5(11)6(12)13;;;/h2*2-5,7-11H,1H2,(H,12,13);;;/q;;2*+2;-2/t2*2-,3-,4+,5-;;;/m11.../s1. The van der Waals surface area contributed by atoms with Gasteiger partial charge in [0, 0.05) is 0 Å². The van der Waals surface area contributed by atoms with Crippen LogP contribution in [0.25, 0.3) is 0 Å². The van der Waals surface area contributed by atoms with Gasteiger partial charge < -0.3 is 66.8 Å². The molecule has 29 heavy (non-hydrogen) atoms. The molecular formula is C12H24Mg2O15+2. The van der Waals surface area contributed by atoms with Crippen LogP contribution in [0, 0.1) is 0 Å². The number of aliphatic hydroxyl groups excluding tert-OH is 10.